The van der Waals surface area contributed by atoms with Crippen LogP contribution in [0, 0.1) is 5.92 Å². The second-order valence-corrected chi connectivity index (χ2v) is 7.79. The van der Waals surface area contributed by atoms with Gasteiger partial charge in [0, 0.05) is 13.1 Å². The lowest BCUT2D eigenvalue weighted by atomic mass is 9.99. The van der Waals surface area contributed by atoms with Gasteiger partial charge in [0.25, 0.3) is 0 Å². The Morgan fingerprint density at radius 3 is 1.88 bits per heavy atom. The first-order chi connectivity index (χ1) is 12.6. The average Bonchev–Trinajstić information content (AvgIpc) is 2.63. The average molecular weight is 350 g/mol. The Bertz CT molecular complexity index is 584. The first-order valence-electron chi connectivity index (χ1n) is 10.1. The number of hydrogen-bond donors (Lipinski definition) is 0. The molecule has 26 heavy (non-hydrogen) atoms. The Morgan fingerprint density at radius 2 is 1.38 bits per heavy atom. The van der Waals surface area contributed by atoms with E-state index in [4.69, 9.17) is 0 Å². The molecule has 0 N–H and O–H groups in total. The van der Waals surface area contributed by atoms with Crippen LogP contribution in [0.15, 0.2) is 72.3 Å². The Balaban J connectivity index is 1.84. The maximum absolute atomic E-state index is 2.59. The van der Waals surface area contributed by atoms with Crippen molar-refractivity contribution in [1.82, 2.24) is 4.90 Å². The lowest BCUT2D eigenvalue weighted by molar-refractivity contribution is 0.244. The van der Waals surface area contributed by atoms with Gasteiger partial charge >= 0.3 is 0 Å². The Kier molecular flexibility index (Phi) is 9.20. The molecule has 0 saturated carbocycles. The first kappa shape index (κ1) is 20.5. The third-order valence-electron chi connectivity index (χ3n) is 4.88. The highest BCUT2D eigenvalue weighted by Crippen LogP contribution is 2.16. The second kappa shape index (κ2) is 11.7. The van der Waals surface area contributed by atoms with Crippen LogP contribution in [-0.4, -0.2) is 11.4 Å². The summed E-state index contributed by atoms with van der Waals surface area (Å²) in [4.78, 5) is 2.59. The molecule has 0 bridgehead atoms. The summed E-state index contributed by atoms with van der Waals surface area (Å²) in [7, 11) is 0. The van der Waals surface area contributed by atoms with Crippen LogP contribution < -0.4 is 0 Å². The Hall–Kier alpha value is -1.86. The van der Waals surface area contributed by atoms with E-state index in [0.29, 0.717) is 0 Å². The van der Waals surface area contributed by atoms with E-state index >= 15 is 0 Å². The molecule has 2 aromatic carbocycles. The molecule has 0 aliphatic heterocycles. The summed E-state index contributed by atoms with van der Waals surface area (Å²) >= 11 is 0. The molecule has 0 unspecified atom stereocenters. The molecular formula is C25H35N. The fourth-order valence-corrected chi connectivity index (χ4v) is 3.36. The van der Waals surface area contributed by atoms with E-state index in [1.54, 1.807) is 0 Å². The van der Waals surface area contributed by atoms with Gasteiger partial charge in [0.05, 0.1) is 0 Å². The Morgan fingerprint density at radius 1 is 0.846 bits per heavy atom. The minimum absolute atomic E-state index is 0.806. The van der Waals surface area contributed by atoms with Gasteiger partial charge in [0.15, 0.2) is 0 Å². The SMILES string of the molecule is CC(C)=CCC[C@H](C)CCCN(Cc1ccccc1)Cc1ccccc1. The van der Waals surface area contributed by atoms with Crippen LogP contribution in [-0.2, 0) is 13.1 Å². The van der Waals surface area contributed by atoms with Crippen molar-refractivity contribution in [1.29, 1.82) is 0 Å². The minimum Gasteiger partial charge on any atom is -0.295 e. The quantitative estimate of drug-likeness (QED) is 0.401. The van der Waals surface area contributed by atoms with Gasteiger partial charge in [0.1, 0.15) is 0 Å². The van der Waals surface area contributed by atoms with Crippen molar-refractivity contribution in [2.24, 2.45) is 5.92 Å². The summed E-state index contributed by atoms with van der Waals surface area (Å²) in [5.41, 5.74) is 4.24. The summed E-state index contributed by atoms with van der Waals surface area (Å²) in [6.07, 6.45) is 7.49. The van der Waals surface area contributed by atoms with Crippen LogP contribution in [0.4, 0.5) is 0 Å². The zero-order valence-electron chi connectivity index (χ0n) is 16.8. The molecule has 0 aliphatic rings. The zero-order valence-corrected chi connectivity index (χ0v) is 16.8. The van der Waals surface area contributed by atoms with Gasteiger partial charge < -0.3 is 0 Å². The van der Waals surface area contributed by atoms with Gasteiger partial charge in [0.2, 0.25) is 0 Å². The molecule has 0 fully saturated rings. The fourth-order valence-electron chi connectivity index (χ4n) is 3.36. The molecule has 0 amide bonds. The number of benzene rings is 2. The zero-order chi connectivity index (χ0) is 18.6. The van der Waals surface area contributed by atoms with Crippen LogP contribution >= 0.6 is 0 Å². The molecule has 2 aromatic rings. The highest BCUT2D eigenvalue weighted by Gasteiger charge is 2.09. The summed E-state index contributed by atoms with van der Waals surface area (Å²) in [6, 6.07) is 21.7. The van der Waals surface area contributed by atoms with Gasteiger partial charge in [-0.3, -0.25) is 4.90 Å². The summed E-state index contributed by atoms with van der Waals surface area (Å²) in [5, 5.41) is 0. The third-order valence-corrected chi connectivity index (χ3v) is 4.88. The van der Waals surface area contributed by atoms with Crippen LogP contribution in [0.1, 0.15) is 57.6 Å². The normalized spacial score (nSPS) is 12.2. The van der Waals surface area contributed by atoms with Gasteiger partial charge in [-0.2, -0.15) is 0 Å². The number of hydrogen-bond acceptors (Lipinski definition) is 1. The molecule has 1 atom stereocenters. The smallest absolute Gasteiger partial charge is 0.0237 e. The first-order valence-corrected chi connectivity index (χ1v) is 10.1. The largest absolute Gasteiger partial charge is 0.295 e. The molecule has 0 radical (unpaired) electrons. The van der Waals surface area contributed by atoms with Crippen molar-refractivity contribution in [2.45, 2.75) is 59.5 Å². The fraction of sp³-hybridized carbons (Fsp3) is 0.440. The Labute approximate surface area is 160 Å². The lowest BCUT2D eigenvalue weighted by Gasteiger charge is -2.23. The van der Waals surface area contributed by atoms with Crippen molar-refractivity contribution >= 4 is 0 Å². The van der Waals surface area contributed by atoms with Crippen molar-refractivity contribution in [3.05, 3.63) is 83.4 Å². The predicted molar refractivity (Wildman–Crippen MR) is 114 cm³/mol. The number of nitrogens with zero attached hydrogens (tertiary/aromatic N) is 1. The maximum Gasteiger partial charge on any atom is 0.0237 e. The molecule has 0 spiro atoms. The van der Waals surface area contributed by atoms with E-state index in [1.807, 2.05) is 0 Å². The van der Waals surface area contributed by atoms with Gasteiger partial charge in [-0.25, -0.2) is 0 Å². The second-order valence-electron chi connectivity index (χ2n) is 7.79. The van der Waals surface area contributed by atoms with Crippen molar-refractivity contribution in [2.75, 3.05) is 6.54 Å². The molecule has 0 aliphatic carbocycles. The van der Waals surface area contributed by atoms with Gasteiger partial charge in [-0.15, -0.1) is 0 Å². The molecular weight excluding hydrogens is 314 g/mol. The standard InChI is InChI=1S/C25H35N/c1-22(2)12-10-13-23(3)14-11-19-26(20-24-15-6-4-7-16-24)21-25-17-8-5-9-18-25/h4-9,12,15-18,23H,10-11,13-14,19-21H2,1-3H3/t23-/m0/s1. The molecule has 1 heteroatoms. The maximum atomic E-state index is 2.59. The highest BCUT2D eigenvalue weighted by atomic mass is 15.1. The summed E-state index contributed by atoms with van der Waals surface area (Å²) < 4.78 is 0. The molecule has 2 rings (SSSR count). The van der Waals surface area contributed by atoms with Gasteiger partial charge in [-0.1, -0.05) is 79.2 Å². The van der Waals surface area contributed by atoms with E-state index in [-0.39, 0.29) is 0 Å². The van der Waals surface area contributed by atoms with E-state index in [1.165, 1.54) is 42.4 Å². The van der Waals surface area contributed by atoms with Crippen LogP contribution in [0.25, 0.3) is 0 Å². The lowest BCUT2D eigenvalue weighted by Crippen LogP contribution is -2.24. The van der Waals surface area contributed by atoms with E-state index in [0.717, 1.165) is 25.6 Å². The molecule has 1 nitrogen and oxygen atoms in total. The highest BCUT2D eigenvalue weighted by molar-refractivity contribution is 5.17. The van der Waals surface area contributed by atoms with Crippen LogP contribution in [0.2, 0.25) is 0 Å². The molecule has 0 heterocycles. The predicted octanol–water partition coefficient (Wildman–Crippen LogP) is 6.85. The van der Waals surface area contributed by atoms with E-state index < -0.39 is 0 Å². The van der Waals surface area contributed by atoms with Crippen molar-refractivity contribution in [3.8, 4) is 0 Å². The monoisotopic (exact) mass is 349 g/mol. The van der Waals surface area contributed by atoms with Crippen molar-refractivity contribution in [3.63, 3.8) is 0 Å². The van der Waals surface area contributed by atoms with Crippen LogP contribution in [0.3, 0.4) is 0 Å². The topological polar surface area (TPSA) is 3.24 Å². The molecule has 0 saturated heterocycles. The van der Waals surface area contributed by atoms with E-state index in [9.17, 15) is 0 Å². The number of rotatable bonds is 11. The number of allylic oxidation sites excluding steroid dienone is 2. The summed E-state index contributed by atoms with van der Waals surface area (Å²) in [5.74, 6) is 0.806. The van der Waals surface area contributed by atoms with Gasteiger partial charge in [-0.05, 0) is 63.1 Å². The summed E-state index contributed by atoms with van der Waals surface area (Å²) in [6.45, 7) is 10.0. The van der Waals surface area contributed by atoms with E-state index in [2.05, 4.69) is 92.4 Å². The molecule has 0 aromatic heterocycles. The molecule has 140 valence electrons. The van der Waals surface area contributed by atoms with Crippen molar-refractivity contribution < 1.29 is 0 Å². The van der Waals surface area contributed by atoms with Crippen LogP contribution in [0.5, 0.6) is 0 Å². The third kappa shape index (κ3) is 8.49. The minimum atomic E-state index is 0.806.